The lowest BCUT2D eigenvalue weighted by molar-refractivity contribution is -0.117. The summed E-state index contributed by atoms with van der Waals surface area (Å²) >= 11 is 0. The zero-order chi connectivity index (χ0) is 19.9. The highest BCUT2D eigenvalue weighted by atomic mass is 32.2. The van der Waals surface area contributed by atoms with Gasteiger partial charge in [0.25, 0.3) is 5.91 Å². The number of anilines is 1. The summed E-state index contributed by atoms with van der Waals surface area (Å²) in [5.41, 5.74) is 0.609. The van der Waals surface area contributed by atoms with Crippen LogP contribution in [0.1, 0.15) is 30.4 Å². The second kappa shape index (κ2) is 7.49. The number of aromatic hydroxyl groups is 1. The van der Waals surface area contributed by atoms with Gasteiger partial charge in [0.1, 0.15) is 18.0 Å². The van der Waals surface area contributed by atoms with Gasteiger partial charge < -0.3 is 15.2 Å². The van der Waals surface area contributed by atoms with Gasteiger partial charge in [-0.25, -0.2) is 13.4 Å². The third-order valence-corrected chi connectivity index (χ3v) is 7.02. The van der Waals surface area contributed by atoms with Crippen molar-refractivity contribution in [1.29, 1.82) is 0 Å². The molecule has 0 bridgehead atoms. The molecule has 2 saturated heterocycles. The van der Waals surface area contributed by atoms with Gasteiger partial charge in [0, 0.05) is 19.2 Å². The van der Waals surface area contributed by atoms with Gasteiger partial charge in [-0.15, -0.1) is 0 Å². The van der Waals surface area contributed by atoms with E-state index >= 15 is 4.39 Å². The molecule has 10 heteroatoms. The zero-order valence-electron chi connectivity index (χ0n) is 15.4. The summed E-state index contributed by atoms with van der Waals surface area (Å²) in [6, 6.07) is 1.48. The Bertz CT molecular complexity index is 886. The van der Waals surface area contributed by atoms with Crippen molar-refractivity contribution in [3.8, 4) is 5.75 Å². The van der Waals surface area contributed by atoms with Crippen LogP contribution in [0.15, 0.2) is 6.07 Å². The average molecular weight is 413 g/mol. The van der Waals surface area contributed by atoms with Gasteiger partial charge in [-0.1, -0.05) is 0 Å². The number of halogens is 1. The van der Waals surface area contributed by atoms with Crippen molar-refractivity contribution in [2.24, 2.45) is 5.92 Å². The van der Waals surface area contributed by atoms with Crippen LogP contribution in [-0.2, 0) is 32.6 Å². The van der Waals surface area contributed by atoms with Gasteiger partial charge in [0.2, 0.25) is 0 Å². The highest BCUT2D eigenvalue weighted by Crippen LogP contribution is 2.39. The number of rotatable bonds is 4. The fourth-order valence-electron chi connectivity index (χ4n) is 4.20. The number of hydrogen-bond donors (Lipinski definition) is 3. The molecule has 154 valence electrons. The number of amides is 1. The number of phenols is 1. The van der Waals surface area contributed by atoms with Crippen molar-refractivity contribution >= 4 is 21.8 Å². The molecular weight excluding hydrogens is 389 g/mol. The first-order chi connectivity index (χ1) is 13.3. The van der Waals surface area contributed by atoms with Gasteiger partial charge in [0.05, 0.1) is 6.61 Å². The van der Waals surface area contributed by atoms with Crippen molar-refractivity contribution in [2.45, 2.75) is 38.1 Å². The number of phenolic OH excluding ortho intramolecular Hbond substituents is 1. The van der Waals surface area contributed by atoms with E-state index in [1.807, 2.05) is 0 Å². The SMILES string of the molecule is O=C1CN(c2c(O)cc3c(c2F)C[C@H](NCC2CCCOC2)CC3)S(=O)(=O)N1. The van der Waals surface area contributed by atoms with Crippen LogP contribution >= 0.6 is 0 Å². The van der Waals surface area contributed by atoms with Crippen LogP contribution < -0.4 is 14.3 Å². The summed E-state index contributed by atoms with van der Waals surface area (Å²) in [6.07, 6.45) is 3.95. The van der Waals surface area contributed by atoms with Crippen molar-refractivity contribution < 1.29 is 27.4 Å². The standard InChI is InChI=1S/C18H24FN3O5S/c19-17-14-7-13(20-8-11-2-1-5-27-10-11)4-3-12(14)6-15(23)18(17)22-9-16(24)21-28(22,25)26/h6,11,13,20,23H,1-5,7-10H2,(H,21,24)/t11?,13-/m1/s1. The van der Waals surface area contributed by atoms with Crippen molar-refractivity contribution in [3.05, 3.63) is 23.0 Å². The number of ether oxygens (including phenoxy) is 1. The fourth-order valence-corrected chi connectivity index (χ4v) is 5.36. The van der Waals surface area contributed by atoms with Crippen molar-refractivity contribution in [3.63, 3.8) is 0 Å². The van der Waals surface area contributed by atoms with Gasteiger partial charge in [-0.3, -0.25) is 4.79 Å². The maximum atomic E-state index is 15.3. The fraction of sp³-hybridized carbons (Fsp3) is 0.611. The molecule has 1 aliphatic carbocycles. The Balaban J connectivity index is 1.55. The Kier molecular flexibility index (Phi) is 5.19. The largest absolute Gasteiger partial charge is 0.506 e. The van der Waals surface area contributed by atoms with Crippen LogP contribution in [0.4, 0.5) is 10.1 Å². The number of nitrogens with zero attached hydrogens (tertiary/aromatic N) is 1. The molecule has 0 saturated carbocycles. The summed E-state index contributed by atoms with van der Waals surface area (Å²) in [4.78, 5) is 11.5. The monoisotopic (exact) mass is 413 g/mol. The molecule has 3 aliphatic rings. The Labute approximate surface area is 163 Å². The molecule has 2 atom stereocenters. The molecule has 2 aliphatic heterocycles. The molecule has 3 N–H and O–H groups in total. The van der Waals surface area contributed by atoms with Crippen molar-refractivity contribution in [1.82, 2.24) is 10.0 Å². The van der Waals surface area contributed by atoms with Crippen LogP contribution in [0, 0.1) is 11.7 Å². The summed E-state index contributed by atoms with van der Waals surface area (Å²) < 4.78 is 47.3. The number of fused-ring (bicyclic) bond motifs is 1. The lowest BCUT2D eigenvalue weighted by Crippen LogP contribution is -2.40. The number of nitrogens with one attached hydrogen (secondary N) is 2. The second-order valence-corrected chi connectivity index (χ2v) is 9.26. The Morgan fingerprint density at radius 2 is 2.21 bits per heavy atom. The summed E-state index contributed by atoms with van der Waals surface area (Å²) in [5.74, 6) is -1.56. The molecule has 1 aromatic rings. The van der Waals surface area contributed by atoms with Gasteiger partial charge in [-0.05, 0) is 55.2 Å². The summed E-state index contributed by atoms with van der Waals surface area (Å²) in [5, 5.41) is 13.7. The Morgan fingerprint density at radius 1 is 1.39 bits per heavy atom. The molecule has 0 radical (unpaired) electrons. The lowest BCUT2D eigenvalue weighted by Gasteiger charge is -2.30. The number of carbonyl (C=O) groups is 1. The topological polar surface area (TPSA) is 108 Å². The van der Waals surface area contributed by atoms with E-state index in [1.165, 1.54) is 6.07 Å². The molecule has 1 unspecified atom stereocenters. The first kappa shape index (κ1) is 19.4. The first-order valence-corrected chi connectivity index (χ1v) is 11.0. The van der Waals surface area contributed by atoms with Crippen LogP contribution in [0.3, 0.4) is 0 Å². The maximum Gasteiger partial charge on any atom is 0.326 e. The van der Waals surface area contributed by atoms with Crippen LogP contribution in [-0.4, -0.2) is 51.8 Å². The number of hydrogen-bond acceptors (Lipinski definition) is 6. The third-order valence-electron chi connectivity index (χ3n) is 5.65. The van der Waals surface area contributed by atoms with E-state index in [9.17, 15) is 18.3 Å². The summed E-state index contributed by atoms with van der Waals surface area (Å²) in [7, 11) is -4.19. The molecule has 0 spiro atoms. The second-order valence-electron chi connectivity index (χ2n) is 7.66. The van der Waals surface area contributed by atoms with Crippen LogP contribution in [0.2, 0.25) is 0 Å². The third kappa shape index (κ3) is 3.68. The minimum atomic E-state index is -4.19. The van der Waals surface area contributed by atoms with Gasteiger partial charge in [-0.2, -0.15) is 8.42 Å². The molecule has 2 fully saturated rings. The van der Waals surface area contributed by atoms with E-state index in [0.717, 1.165) is 39.0 Å². The predicted octanol–water partition coefficient (Wildman–Crippen LogP) is 0.586. The Hall–Kier alpha value is -1.91. The van der Waals surface area contributed by atoms with Crippen molar-refractivity contribution in [2.75, 3.05) is 30.6 Å². The van der Waals surface area contributed by atoms with E-state index in [1.54, 1.807) is 4.72 Å². The minimum absolute atomic E-state index is 0.0660. The predicted molar refractivity (Wildman–Crippen MR) is 99.8 cm³/mol. The normalized spacial score (nSPS) is 26.8. The molecular formula is C18H24FN3O5S. The quantitative estimate of drug-likeness (QED) is 0.667. The van der Waals surface area contributed by atoms with Gasteiger partial charge >= 0.3 is 10.2 Å². The number of carbonyl (C=O) groups excluding carboxylic acids is 1. The van der Waals surface area contributed by atoms with E-state index in [4.69, 9.17) is 4.74 Å². The van der Waals surface area contributed by atoms with Crippen LogP contribution in [0.5, 0.6) is 5.75 Å². The van der Waals surface area contributed by atoms with E-state index in [2.05, 4.69) is 5.32 Å². The molecule has 8 nitrogen and oxygen atoms in total. The average Bonchev–Trinajstić information content (AvgIpc) is 2.93. The van der Waals surface area contributed by atoms with Crippen LogP contribution in [0.25, 0.3) is 0 Å². The Morgan fingerprint density at radius 3 is 2.89 bits per heavy atom. The molecule has 1 amide bonds. The lowest BCUT2D eigenvalue weighted by atomic mass is 9.86. The highest BCUT2D eigenvalue weighted by Gasteiger charge is 2.39. The summed E-state index contributed by atoms with van der Waals surface area (Å²) in [6.45, 7) is 1.79. The molecule has 28 heavy (non-hydrogen) atoms. The maximum absolute atomic E-state index is 15.3. The smallest absolute Gasteiger partial charge is 0.326 e. The van der Waals surface area contributed by atoms with E-state index in [0.29, 0.717) is 34.2 Å². The number of benzene rings is 1. The minimum Gasteiger partial charge on any atom is -0.506 e. The molecule has 2 heterocycles. The van der Waals surface area contributed by atoms with E-state index < -0.39 is 39.9 Å². The van der Waals surface area contributed by atoms with Gasteiger partial charge in [0.15, 0.2) is 5.82 Å². The highest BCUT2D eigenvalue weighted by molar-refractivity contribution is 7.92. The molecule has 4 rings (SSSR count). The zero-order valence-corrected chi connectivity index (χ0v) is 16.2. The van der Waals surface area contributed by atoms with E-state index in [-0.39, 0.29) is 6.04 Å². The first-order valence-electron chi connectivity index (χ1n) is 9.53. The molecule has 1 aromatic carbocycles. The number of aryl methyl sites for hydroxylation is 1. The molecule has 0 aromatic heterocycles.